The maximum Gasteiger partial charge on any atom is 0.0562 e. The van der Waals surface area contributed by atoms with E-state index in [0.717, 1.165) is 15.7 Å². The first-order valence-corrected chi connectivity index (χ1v) is 10.9. The van der Waals surface area contributed by atoms with Crippen molar-refractivity contribution >= 4 is 33.5 Å². The average molecular weight is 426 g/mol. The molecule has 1 N–H and O–H groups in total. The van der Waals surface area contributed by atoms with Crippen LogP contribution in [-0.4, -0.2) is 19.3 Å². The fourth-order valence-corrected chi connectivity index (χ4v) is 4.78. The van der Waals surface area contributed by atoms with Gasteiger partial charge in [0.25, 0.3) is 0 Å². The molecule has 2 aromatic carbocycles. The van der Waals surface area contributed by atoms with E-state index in [2.05, 4.69) is 55.6 Å². The third kappa shape index (κ3) is 4.73. The minimum atomic E-state index is 0.667. The van der Waals surface area contributed by atoms with Gasteiger partial charge in [0, 0.05) is 23.2 Å². The third-order valence-electron chi connectivity index (χ3n) is 6.25. The molecule has 0 aromatic heterocycles. The number of piperidine rings is 1. The Balaban J connectivity index is 1.31. The molecule has 2 fully saturated rings. The normalized spacial score (nSPS) is 19.5. The van der Waals surface area contributed by atoms with Crippen LogP contribution in [0.15, 0.2) is 58.1 Å². The molecule has 142 valence electrons. The number of halogens is 1. The number of anilines is 2. The van der Waals surface area contributed by atoms with Gasteiger partial charge in [0.05, 0.1) is 11.9 Å². The summed E-state index contributed by atoms with van der Waals surface area (Å²) < 4.78 is 1.07. The number of hydrazone groups is 1. The van der Waals surface area contributed by atoms with E-state index in [4.69, 9.17) is 0 Å². The summed E-state index contributed by atoms with van der Waals surface area (Å²) in [6.07, 6.45) is 11.9. The summed E-state index contributed by atoms with van der Waals surface area (Å²) in [4.78, 5) is 2.56. The van der Waals surface area contributed by atoms with Gasteiger partial charge in [-0.05, 0) is 73.1 Å². The fraction of sp³-hybridized carbons (Fsp3) is 0.435. The Hall–Kier alpha value is -1.81. The van der Waals surface area contributed by atoms with Gasteiger partial charge in [-0.25, -0.2) is 0 Å². The number of hydrogen-bond donors (Lipinski definition) is 1. The first-order valence-electron chi connectivity index (χ1n) is 10.1. The monoisotopic (exact) mass is 425 g/mol. The van der Waals surface area contributed by atoms with Crippen LogP contribution in [-0.2, 0) is 0 Å². The van der Waals surface area contributed by atoms with Crippen LogP contribution in [0.1, 0.15) is 50.5 Å². The smallest absolute Gasteiger partial charge is 0.0562 e. The molecule has 0 unspecified atom stereocenters. The summed E-state index contributed by atoms with van der Waals surface area (Å²) in [7, 11) is 0. The molecular formula is C23H28BrN3. The minimum absolute atomic E-state index is 0.667. The van der Waals surface area contributed by atoms with Crippen LogP contribution >= 0.6 is 15.9 Å². The Morgan fingerprint density at radius 1 is 0.852 bits per heavy atom. The van der Waals surface area contributed by atoms with Crippen molar-refractivity contribution in [2.45, 2.75) is 44.9 Å². The van der Waals surface area contributed by atoms with E-state index in [9.17, 15) is 0 Å². The maximum atomic E-state index is 4.34. The molecule has 1 heterocycles. The zero-order chi connectivity index (χ0) is 18.5. The first-order chi connectivity index (χ1) is 13.2. The standard InChI is InChI=1S/C23H28BrN3/c24-20-6-8-21(9-7-20)26-25-18-19-4-10-22(11-5-19)27-16-14-23(15-17-27)12-2-1-3-13-23/h4-11,18,26H,1-3,12-17H2/b25-18+. The van der Waals surface area contributed by atoms with Gasteiger partial charge < -0.3 is 4.90 Å². The summed E-state index contributed by atoms with van der Waals surface area (Å²) in [6.45, 7) is 2.41. The quantitative estimate of drug-likeness (QED) is 0.450. The zero-order valence-electron chi connectivity index (χ0n) is 15.8. The summed E-state index contributed by atoms with van der Waals surface area (Å²) in [5.41, 5.74) is 7.18. The first kappa shape index (κ1) is 18.5. The highest BCUT2D eigenvalue weighted by atomic mass is 79.9. The van der Waals surface area contributed by atoms with Crippen molar-refractivity contribution in [2.75, 3.05) is 23.4 Å². The SMILES string of the molecule is Brc1ccc(N/N=C/c2ccc(N3CCC4(CCCCC4)CC3)cc2)cc1. The van der Waals surface area contributed by atoms with E-state index in [1.54, 1.807) is 0 Å². The highest BCUT2D eigenvalue weighted by molar-refractivity contribution is 9.10. The molecule has 27 heavy (non-hydrogen) atoms. The molecule has 0 radical (unpaired) electrons. The van der Waals surface area contributed by atoms with Crippen molar-refractivity contribution in [2.24, 2.45) is 10.5 Å². The van der Waals surface area contributed by atoms with Gasteiger partial charge in [-0.15, -0.1) is 0 Å². The Labute approximate surface area is 171 Å². The fourth-order valence-electron chi connectivity index (χ4n) is 4.52. The van der Waals surface area contributed by atoms with Crippen LogP contribution in [0.5, 0.6) is 0 Å². The number of rotatable bonds is 4. The molecule has 4 heteroatoms. The Morgan fingerprint density at radius 3 is 2.19 bits per heavy atom. The molecule has 0 atom stereocenters. The molecule has 1 saturated carbocycles. The van der Waals surface area contributed by atoms with Crippen molar-refractivity contribution < 1.29 is 0 Å². The Kier molecular flexibility index (Phi) is 5.82. The lowest BCUT2D eigenvalue weighted by atomic mass is 9.68. The van der Waals surface area contributed by atoms with Gasteiger partial charge in [0.1, 0.15) is 0 Å². The lowest BCUT2D eigenvalue weighted by molar-refractivity contribution is 0.144. The third-order valence-corrected chi connectivity index (χ3v) is 6.78. The number of hydrogen-bond acceptors (Lipinski definition) is 3. The Bertz CT molecular complexity index is 751. The molecule has 1 saturated heterocycles. The second kappa shape index (κ2) is 8.47. The molecule has 2 aromatic rings. The molecule has 0 bridgehead atoms. The predicted octanol–water partition coefficient (Wildman–Crippen LogP) is 6.45. The van der Waals surface area contributed by atoms with Crippen molar-refractivity contribution in [3.8, 4) is 0 Å². The van der Waals surface area contributed by atoms with Gasteiger partial charge in [-0.3, -0.25) is 5.43 Å². The second-order valence-corrected chi connectivity index (χ2v) is 8.93. The summed E-state index contributed by atoms with van der Waals surface area (Å²) in [5, 5.41) is 4.34. The molecule has 0 amide bonds. The topological polar surface area (TPSA) is 27.6 Å². The molecule has 1 aliphatic heterocycles. The minimum Gasteiger partial charge on any atom is -0.371 e. The molecule has 4 rings (SSSR count). The zero-order valence-corrected chi connectivity index (χ0v) is 17.4. The van der Waals surface area contributed by atoms with Crippen LogP contribution in [0.3, 0.4) is 0 Å². The van der Waals surface area contributed by atoms with E-state index >= 15 is 0 Å². The molecule has 2 aliphatic rings. The van der Waals surface area contributed by atoms with E-state index in [0.29, 0.717) is 5.41 Å². The van der Waals surface area contributed by atoms with Crippen molar-refractivity contribution in [1.29, 1.82) is 0 Å². The van der Waals surface area contributed by atoms with Crippen molar-refractivity contribution in [3.05, 3.63) is 58.6 Å². The van der Waals surface area contributed by atoms with Crippen LogP contribution in [0.25, 0.3) is 0 Å². The van der Waals surface area contributed by atoms with E-state index in [1.807, 2.05) is 30.5 Å². The number of benzene rings is 2. The highest BCUT2D eigenvalue weighted by Gasteiger charge is 2.35. The van der Waals surface area contributed by atoms with E-state index in [-0.39, 0.29) is 0 Å². The summed E-state index contributed by atoms with van der Waals surface area (Å²) in [5.74, 6) is 0. The average Bonchev–Trinajstić information content (AvgIpc) is 2.71. The largest absolute Gasteiger partial charge is 0.371 e. The van der Waals surface area contributed by atoms with Crippen LogP contribution in [0, 0.1) is 5.41 Å². The van der Waals surface area contributed by atoms with Crippen molar-refractivity contribution in [3.63, 3.8) is 0 Å². The molecule has 1 aliphatic carbocycles. The van der Waals surface area contributed by atoms with Crippen LogP contribution < -0.4 is 10.3 Å². The summed E-state index contributed by atoms with van der Waals surface area (Å²) in [6, 6.07) is 16.8. The van der Waals surface area contributed by atoms with Gasteiger partial charge in [0.2, 0.25) is 0 Å². The van der Waals surface area contributed by atoms with Crippen molar-refractivity contribution in [1.82, 2.24) is 0 Å². The number of nitrogens with zero attached hydrogens (tertiary/aromatic N) is 2. The predicted molar refractivity (Wildman–Crippen MR) is 119 cm³/mol. The van der Waals surface area contributed by atoms with E-state index < -0.39 is 0 Å². The summed E-state index contributed by atoms with van der Waals surface area (Å²) >= 11 is 3.44. The lowest BCUT2D eigenvalue weighted by Crippen LogP contribution is -2.41. The molecule has 1 spiro atoms. The van der Waals surface area contributed by atoms with Gasteiger partial charge >= 0.3 is 0 Å². The van der Waals surface area contributed by atoms with E-state index in [1.165, 1.54) is 63.7 Å². The lowest BCUT2D eigenvalue weighted by Gasteiger charge is -2.45. The maximum absolute atomic E-state index is 4.34. The van der Waals surface area contributed by atoms with Crippen LogP contribution in [0.4, 0.5) is 11.4 Å². The molecule has 3 nitrogen and oxygen atoms in total. The Morgan fingerprint density at radius 2 is 1.52 bits per heavy atom. The molecular weight excluding hydrogens is 398 g/mol. The van der Waals surface area contributed by atoms with Gasteiger partial charge in [0.15, 0.2) is 0 Å². The highest BCUT2D eigenvalue weighted by Crippen LogP contribution is 2.45. The van der Waals surface area contributed by atoms with Crippen LogP contribution in [0.2, 0.25) is 0 Å². The van der Waals surface area contributed by atoms with Gasteiger partial charge in [-0.2, -0.15) is 5.10 Å². The van der Waals surface area contributed by atoms with Gasteiger partial charge in [-0.1, -0.05) is 47.3 Å². The number of nitrogens with one attached hydrogen (secondary N) is 1. The second-order valence-electron chi connectivity index (χ2n) is 8.02.